The second kappa shape index (κ2) is 10.9. The molecule has 1 aliphatic rings. The predicted molar refractivity (Wildman–Crippen MR) is 133 cm³/mol. The lowest BCUT2D eigenvalue weighted by Gasteiger charge is -2.36. The number of nitrogens with zero attached hydrogens (tertiary/aromatic N) is 4. The molecule has 0 saturated carbocycles. The smallest absolute Gasteiger partial charge is 0.226 e. The number of aliphatic imine (C=N–C) groups is 1. The van der Waals surface area contributed by atoms with Gasteiger partial charge in [-0.1, -0.05) is 23.8 Å². The Labute approximate surface area is 199 Å². The summed E-state index contributed by atoms with van der Waals surface area (Å²) in [5, 5.41) is 5.57. The van der Waals surface area contributed by atoms with Crippen molar-refractivity contribution >= 4 is 41.3 Å². The molecule has 0 atom stereocenters. The van der Waals surface area contributed by atoms with E-state index in [1.165, 1.54) is 10.4 Å². The highest BCUT2D eigenvalue weighted by Gasteiger charge is 2.20. The SMILES string of the molecule is CN=C(NCc1coc(-c2ccc(C)cc2)n1)N1CCN(Cc2cccs2)CC1.I. The van der Waals surface area contributed by atoms with Gasteiger partial charge in [-0.05, 0) is 30.5 Å². The van der Waals surface area contributed by atoms with Gasteiger partial charge < -0.3 is 14.6 Å². The van der Waals surface area contributed by atoms with Gasteiger partial charge in [-0.2, -0.15) is 0 Å². The van der Waals surface area contributed by atoms with Gasteiger partial charge in [0.15, 0.2) is 5.96 Å². The predicted octanol–water partition coefficient (Wildman–Crippen LogP) is 4.22. The maximum absolute atomic E-state index is 5.66. The standard InChI is InChI=1S/C22H27N5OS.HI/c1-17-5-7-18(8-6-17)21-25-19(16-28-21)14-24-22(23-2)27-11-9-26(10-12-27)15-20-4-3-13-29-20;/h3-8,13,16H,9-12,14-15H2,1-2H3,(H,23,24);1H. The minimum absolute atomic E-state index is 0. The van der Waals surface area contributed by atoms with E-state index < -0.39 is 0 Å². The van der Waals surface area contributed by atoms with Crippen LogP contribution in [0.2, 0.25) is 0 Å². The van der Waals surface area contributed by atoms with Crippen LogP contribution in [0.1, 0.15) is 16.1 Å². The van der Waals surface area contributed by atoms with Crippen molar-refractivity contribution in [3.63, 3.8) is 0 Å². The average molecular weight is 537 g/mol. The first kappa shape index (κ1) is 22.8. The van der Waals surface area contributed by atoms with E-state index in [4.69, 9.17) is 4.42 Å². The topological polar surface area (TPSA) is 56.9 Å². The van der Waals surface area contributed by atoms with E-state index in [0.717, 1.165) is 49.9 Å². The van der Waals surface area contributed by atoms with Crippen LogP contribution in [-0.2, 0) is 13.1 Å². The zero-order chi connectivity index (χ0) is 20.1. The summed E-state index contributed by atoms with van der Waals surface area (Å²) in [6.07, 6.45) is 1.72. The van der Waals surface area contributed by atoms with Crippen LogP contribution in [0, 0.1) is 6.92 Å². The molecular formula is C22H28IN5OS. The summed E-state index contributed by atoms with van der Waals surface area (Å²) in [5.74, 6) is 1.57. The molecule has 0 unspecified atom stereocenters. The second-order valence-corrected chi connectivity index (χ2v) is 8.29. The van der Waals surface area contributed by atoms with Gasteiger partial charge >= 0.3 is 0 Å². The van der Waals surface area contributed by atoms with Crippen molar-refractivity contribution in [2.45, 2.75) is 20.0 Å². The van der Waals surface area contributed by atoms with Gasteiger partial charge in [-0.15, -0.1) is 35.3 Å². The highest BCUT2D eigenvalue weighted by atomic mass is 127. The first-order valence-corrected chi connectivity index (χ1v) is 10.8. The largest absolute Gasteiger partial charge is 0.444 e. The third-order valence-corrected chi connectivity index (χ3v) is 5.98. The minimum Gasteiger partial charge on any atom is -0.444 e. The van der Waals surface area contributed by atoms with Crippen molar-refractivity contribution in [2.75, 3.05) is 33.2 Å². The van der Waals surface area contributed by atoms with E-state index in [1.807, 2.05) is 30.5 Å². The van der Waals surface area contributed by atoms with Gasteiger partial charge in [0.25, 0.3) is 0 Å². The van der Waals surface area contributed by atoms with E-state index in [2.05, 4.69) is 61.7 Å². The van der Waals surface area contributed by atoms with Gasteiger partial charge in [0.1, 0.15) is 6.26 Å². The molecule has 1 aromatic carbocycles. The molecule has 160 valence electrons. The number of rotatable bonds is 5. The summed E-state index contributed by atoms with van der Waals surface area (Å²) in [7, 11) is 1.83. The monoisotopic (exact) mass is 537 g/mol. The lowest BCUT2D eigenvalue weighted by Crippen LogP contribution is -2.52. The molecule has 1 fully saturated rings. The van der Waals surface area contributed by atoms with Crippen LogP contribution in [0.15, 0.2) is 57.5 Å². The maximum Gasteiger partial charge on any atom is 0.226 e. The van der Waals surface area contributed by atoms with Crippen molar-refractivity contribution in [1.29, 1.82) is 0 Å². The number of benzene rings is 1. The molecule has 1 aliphatic heterocycles. The summed E-state index contributed by atoms with van der Waals surface area (Å²) in [6.45, 7) is 7.73. The highest BCUT2D eigenvalue weighted by Crippen LogP contribution is 2.19. The molecule has 3 aromatic rings. The van der Waals surface area contributed by atoms with Crippen LogP contribution >= 0.6 is 35.3 Å². The van der Waals surface area contributed by atoms with Crippen LogP contribution in [0.4, 0.5) is 0 Å². The van der Waals surface area contributed by atoms with Gasteiger partial charge in [0.2, 0.25) is 5.89 Å². The number of nitrogens with one attached hydrogen (secondary N) is 1. The normalized spacial score (nSPS) is 15.1. The van der Waals surface area contributed by atoms with Crippen LogP contribution in [0.5, 0.6) is 0 Å². The highest BCUT2D eigenvalue weighted by molar-refractivity contribution is 14.0. The quantitative estimate of drug-likeness (QED) is 0.300. The third kappa shape index (κ3) is 5.83. The Morgan fingerprint density at radius 3 is 2.60 bits per heavy atom. The first-order valence-electron chi connectivity index (χ1n) is 9.93. The average Bonchev–Trinajstić information content (AvgIpc) is 3.42. The van der Waals surface area contributed by atoms with Crippen LogP contribution in [0.3, 0.4) is 0 Å². The van der Waals surface area contributed by atoms with Crippen molar-refractivity contribution in [3.05, 3.63) is 64.2 Å². The number of piperazine rings is 1. The lowest BCUT2D eigenvalue weighted by atomic mass is 10.1. The Hall–Kier alpha value is -1.91. The number of aryl methyl sites for hydroxylation is 1. The molecule has 2 aromatic heterocycles. The first-order chi connectivity index (χ1) is 14.2. The van der Waals surface area contributed by atoms with Gasteiger partial charge in [0.05, 0.1) is 12.2 Å². The minimum atomic E-state index is 0. The summed E-state index contributed by atoms with van der Waals surface area (Å²) < 4.78 is 5.66. The van der Waals surface area contributed by atoms with E-state index in [9.17, 15) is 0 Å². The Balaban J connectivity index is 0.00000256. The number of hydrogen-bond donors (Lipinski definition) is 1. The number of guanidine groups is 1. The molecule has 1 saturated heterocycles. The Bertz CT molecular complexity index is 931. The molecule has 1 N–H and O–H groups in total. The molecule has 0 spiro atoms. The zero-order valence-electron chi connectivity index (χ0n) is 17.4. The van der Waals surface area contributed by atoms with Crippen molar-refractivity contribution < 1.29 is 4.42 Å². The molecule has 0 aliphatic carbocycles. The van der Waals surface area contributed by atoms with Gasteiger partial charge in [-0.3, -0.25) is 9.89 Å². The summed E-state index contributed by atoms with van der Waals surface area (Å²) in [4.78, 5) is 15.3. The molecule has 6 nitrogen and oxygen atoms in total. The van der Waals surface area contributed by atoms with Crippen molar-refractivity contribution in [3.8, 4) is 11.5 Å². The maximum atomic E-state index is 5.66. The van der Waals surface area contributed by atoms with E-state index in [1.54, 1.807) is 6.26 Å². The molecular weight excluding hydrogens is 509 g/mol. The van der Waals surface area contributed by atoms with Crippen LogP contribution in [-0.4, -0.2) is 54.0 Å². The van der Waals surface area contributed by atoms with Crippen molar-refractivity contribution in [1.82, 2.24) is 20.1 Å². The molecule has 4 rings (SSSR count). The Morgan fingerprint density at radius 1 is 1.17 bits per heavy atom. The zero-order valence-corrected chi connectivity index (χ0v) is 20.5. The summed E-state index contributed by atoms with van der Waals surface area (Å²) >= 11 is 1.83. The molecule has 30 heavy (non-hydrogen) atoms. The summed E-state index contributed by atoms with van der Waals surface area (Å²) in [6, 6.07) is 12.5. The number of aromatic nitrogens is 1. The molecule has 0 bridgehead atoms. The van der Waals surface area contributed by atoms with E-state index in [0.29, 0.717) is 12.4 Å². The third-order valence-electron chi connectivity index (χ3n) is 5.12. The fraction of sp³-hybridized carbons (Fsp3) is 0.364. The fourth-order valence-electron chi connectivity index (χ4n) is 3.46. The fourth-order valence-corrected chi connectivity index (χ4v) is 4.21. The lowest BCUT2D eigenvalue weighted by molar-refractivity contribution is 0.173. The summed E-state index contributed by atoms with van der Waals surface area (Å²) in [5.41, 5.74) is 3.09. The van der Waals surface area contributed by atoms with E-state index in [-0.39, 0.29) is 24.0 Å². The molecule has 0 radical (unpaired) electrons. The molecule has 8 heteroatoms. The van der Waals surface area contributed by atoms with Crippen LogP contribution in [0.25, 0.3) is 11.5 Å². The Kier molecular flexibility index (Phi) is 8.29. The number of thiophene rings is 1. The second-order valence-electron chi connectivity index (χ2n) is 7.25. The van der Waals surface area contributed by atoms with Gasteiger partial charge in [0, 0.05) is 50.2 Å². The van der Waals surface area contributed by atoms with Gasteiger partial charge in [-0.25, -0.2) is 4.98 Å². The number of halogens is 1. The van der Waals surface area contributed by atoms with Crippen molar-refractivity contribution in [2.24, 2.45) is 4.99 Å². The number of oxazole rings is 1. The van der Waals surface area contributed by atoms with Crippen LogP contribution < -0.4 is 5.32 Å². The Morgan fingerprint density at radius 2 is 1.93 bits per heavy atom. The molecule has 0 amide bonds. The van der Waals surface area contributed by atoms with E-state index >= 15 is 0 Å². The number of hydrogen-bond acceptors (Lipinski definition) is 5. The molecule has 3 heterocycles.